The number of hydrogen-bond acceptors (Lipinski definition) is 3. The van der Waals surface area contributed by atoms with Crippen LogP contribution in [0.4, 0.5) is 5.69 Å². The maximum absolute atomic E-state index is 4.61. The number of amidine groups is 1. The van der Waals surface area contributed by atoms with E-state index in [-0.39, 0.29) is 0 Å². The van der Waals surface area contributed by atoms with Gasteiger partial charge < -0.3 is 5.32 Å². The number of hydrogen-bond donors (Lipinski definition) is 1. The van der Waals surface area contributed by atoms with Crippen molar-refractivity contribution in [3.05, 3.63) is 29.3 Å². The first-order valence-electron chi connectivity index (χ1n) is 6.28. The number of aryl methyl sites for hydroxylation is 2. The number of nitrogens with zero attached hydrogens (tertiary/aromatic N) is 1. The molecule has 1 aromatic carbocycles. The third kappa shape index (κ3) is 2.49. The Kier molecular flexibility index (Phi) is 2.87. The number of benzene rings is 1. The molecular weight excluding hydrogens is 228 g/mol. The molecule has 0 saturated heterocycles. The molecule has 1 N–H and O–H groups in total. The van der Waals surface area contributed by atoms with E-state index < -0.39 is 0 Å². The Morgan fingerprint density at radius 2 is 2.12 bits per heavy atom. The lowest BCUT2D eigenvalue weighted by atomic mass is 10.1. The quantitative estimate of drug-likeness (QED) is 0.862. The lowest BCUT2D eigenvalue weighted by Gasteiger charge is -2.10. The Bertz CT molecular complexity index is 463. The van der Waals surface area contributed by atoms with Crippen LogP contribution >= 0.6 is 11.8 Å². The molecule has 90 valence electrons. The van der Waals surface area contributed by atoms with Crippen LogP contribution < -0.4 is 5.32 Å². The summed E-state index contributed by atoms with van der Waals surface area (Å²) in [5.74, 6) is 0.933. The molecule has 1 atom stereocenters. The molecule has 3 rings (SSSR count). The average molecular weight is 246 g/mol. The lowest BCUT2D eigenvalue weighted by molar-refractivity contribution is 0.773. The smallest absolute Gasteiger partial charge is 0.161 e. The van der Waals surface area contributed by atoms with Crippen LogP contribution in [-0.2, 0) is 0 Å². The third-order valence-corrected chi connectivity index (χ3v) is 4.74. The fourth-order valence-electron chi connectivity index (χ4n) is 2.24. The number of nitrogens with one attached hydrogen (secondary N) is 1. The summed E-state index contributed by atoms with van der Waals surface area (Å²) in [6.07, 6.45) is 2.81. The van der Waals surface area contributed by atoms with Crippen molar-refractivity contribution in [1.82, 2.24) is 0 Å². The zero-order valence-corrected chi connectivity index (χ0v) is 11.2. The molecule has 1 aliphatic heterocycles. The Labute approximate surface area is 107 Å². The first-order chi connectivity index (χ1) is 8.22. The maximum Gasteiger partial charge on any atom is 0.161 e. The van der Waals surface area contributed by atoms with Gasteiger partial charge in [0.05, 0.1) is 6.54 Å². The summed E-state index contributed by atoms with van der Waals surface area (Å²) in [5.41, 5.74) is 3.80. The summed E-state index contributed by atoms with van der Waals surface area (Å²) in [6.45, 7) is 5.28. The van der Waals surface area contributed by atoms with E-state index in [0.717, 1.165) is 22.9 Å². The van der Waals surface area contributed by atoms with Crippen molar-refractivity contribution in [3.8, 4) is 0 Å². The lowest BCUT2D eigenvalue weighted by Crippen LogP contribution is -2.09. The van der Waals surface area contributed by atoms with Gasteiger partial charge in [0.15, 0.2) is 5.17 Å². The maximum atomic E-state index is 4.61. The van der Waals surface area contributed by atoms with Gasteiger partial charge in [-0.25, -0.2) is 0 Å². The number of aliphatic imine (C=N–C) groups is 1. The van der Waals surface area contributed by atoms with Crippen molar-refractivity contribution in [2.45, 2.75) is 31.9 Å². The molecule has 1 saturated carbocycles. The van der Waals surface area contributed by atoms with Crippen LogP contribution in [0.3, 0.4) is 0 Å². The molecule has 3 heteroatoms. The predicted octanol–water partition coefficient (Wildman–Crippen LogP) is 3.60. The topological polar surface area (TPSA) is 24.4 Å². The summed E-state index contributed by atoms with van der Waals surface area (Å²) < 4.78 is 0. The van der Waals surface area contributed by atoms with Crippen LogP contribution in [0.1, 0.15) is 24.0 Å². The van der Waals surface area contributed by atoms with Gasteiger partial charge in [0.2, 0.25) is 0 Å². The third-order valence-electron chi connectivity index (χ3n) is 3.45. The zero-order valence-electron chi connectivity index (χ0n) is 10.4. The molecule has 0 bridgehead atoms. The second-order valence-electron chi connectivity index (χ2n) is 5.08. The standard InChI is InChI=1S/C14H18N2S/c1-9-3-6-12(10(2)7-9)16-14-15-8-13(17-14)11-4-5-11/h3,6-7,11,13H,4-5,8H2,1-2H3,(H,15,16). The second-order valence-corrected chi connectivity index (χ2v) is 6.31. The largest absolute Gasteiger partial charge is 0.335 e. The molecular formula is C14H18N2S. The van der Waals surface area contributed by atoms with Crippen LogP contribution in [0.2, 0.25) is 0 Å². The van der Waals surface area contributed by atoms with E-state index in [4.69, 9.17) is 0 Å². The van der Waals surface area contributed by atoms with Crippen molar-refractivity contribution < 1.29 is 0 Å². The first-order valence-corrected chi connectivity index (χ1v) is 7.16. The van der Waals surface area contributed by atoms with E-state index in [0.29, 0.717) is 0 Å². The van der Waals surface area contributed by atoms with E-state index in [9.17, 15) is 0 Å². The van der Waals surface area contributed by atoms with Crippen LogP contribution in [0, 0.1) is 19.8 Å². The van der Waals surface area contributed by atoms with Crippen molar-refractivity contribution >= 4 is 22.6 Å². The molecule has 1 heterocycles. The fourth-order valence-corrected chi connectivity index (χ4v) is 3.46. The van der Waals surface area contributed by atoms with Gasteiger partial charge in [-0.15, -0.1) is 0 Å². The minimum atomic E-state index is 0.739. The Hall–Kier alpha value is -0.960. The number of anilines is 1. The van der Waals surface area contributed by atoms with Gasteiger partial charge in [-0.1, -0.05) is 29.5 Å². The molecule has 0 radical (unpaired) electrons. The number of rotatable bonds is 2. The molecule has 2 aliphatic rings. The highest BCUT2D eigenvalue weighted by molar-refractivity contribution is 8.15. The first kappa shape index (κ1) is 11.1. The monoisotopic (exact) mass is 246 g/mol. The summed E-state index contributed by atoms with van der Waals surface area (Å²) in [7, 11) is 0. The van der Waals surface area contributed by atoms with Crippen LogP contribution in [0.15, 0.2) is 23.2 Å². The van der Waals surface area contributed by atoms with Crippen LogP contribution in [-0.4, -0.2) is 17.0 Å². The molecule has 1 fully saturated rings. The molecule has 1 aromatic rings. The predicted molar refractivity (Wildman–Crippen MR) is 75.9 cm³/mol. The van der Waals surface area contributed by atoms with E-state index in [1.54, 1.807) is 0 Å². The summed E-state index contributed by atoms with van der Waals surface area (Å²) in [4.78, 5) is 4.61. The highest BCUT2D eigenvalue weighted by Crippen LogP contribution is 2.42. The second kappa shape index (κ2) is 4.37. The van der Waals surface area contributed by atoms with E-state index in [1.807, 2.05) is 11.8 Å². The van der Waals surface area contributed by atoms with E-state index in [2.05, 4.69) is 42.4 Å². The van der Waals surface area contributed by atoms with E-state index >= 15 is 0 Å². The van der Waals surface area contributed by atoms with Gasteiger partial charge in [0.25, 0.3) is 0 Å². The minimum absolute atomic E-state index is 0.739. The van der Waals surface area contributed by atoms with Crippen molar-refractivity contribution in [2.24, 2.45) is 10.9 Å². The Morgan fingerprint density at radius 3 is 2.82 bits per heavy atom. The van der Waals surface area contributed by atoms with Gasteiger partial charge in [-0.2, -0.15) is 0 Å². The zero-order chi connectivity index (χ0) is 11.8. The number of thioether (sulfide) groups is 1. The highest BCUT2D eigenvalue weighted by Gasteiger charge is 2.35. The molecule has 1 unspecified atom stereocenters. The summed E-state index contributed by atoms with van der Waals surface area (Å²) in [5, 5.41) is 5.31. The molecule has 2 nitrogen and oxygen atoms in total. The normalized spacial score (nSPS) is 23.6. The van der Waals surface area contributed by atoms with Crippen LogP contribution in [0.5, 0.6) is 0 Å². The van der Waals surface area contributed by atoms with Crippen LogP contribution in [0.25, 0.3) is 0 Å². The molecule has 1 aliphatic carbocycles. The van der Waals surface area contributed by atoms with Gasteiger partial charge in [-0.05, 0) is 44.2 Å². The van der Waals surface area contributed by atoms with E-state index in [1.165, 1.54) is 29.7 Å². The fraction of sp³-hybridized carbons (Fsp3) is 0.500. The summed E-state index contributed by atoms with van der Waals surface area (Å²) in [6, 6.07) is 6.51. The Morgan fingerprint density at radius 1 is 1.29 bits per heavy atom. The molecule has 0 amide bonds. The van der Waals surface area contributed by atoms with Gasteiger partial charge in [-0.3, -0.25) is 4.99 Å². The highest BCUT2D eigenvalue weighted by atomic mass is 32.2. The molecule has 0 spiro atoms. The van der Waals surface area contributed by atoms with Gasteiger partial charge in [0, 0.05) is 10.9 Å². The molecule has 0 aromatic heterocycles. The summed E-state index contributed by atoms with van der Waals surface area (Å²) >= 11 is 1.93. The van der Waals surface area contributed by atoms with Gasteiger partial charge >= 0.3 is 0 Å². The Balaban J connectivity index is 1.66. The SMILES string of the molecule is Cc1ccc(NC2=NCC(C3CC3)S2)c(C)c1. The van der Waals surface area contributed by atoms with Crippen molar-refractivity contribution in [3.63, 3.8) is 0 Å². The van der Waals surface area contributed by atoms with Gasteiger partial charge in [0.1, 0.15) is 0 Å². The molecule has 17 heavy (non-hydrogen) atoms. The van der Waals surface area contributed by atoms with Crippen molar-refractivity contribution in [1.29, 1.82) is 0 Å². The van der Waals surface area contributed by atoms with Crippen molar-refractivity contribution in [2.75, 3.05) is 11.9 Å². The minimum Gasteiger partial charge on any atom is -0.335 e. The average Bonchev–Trinajstić information content (AvgIpc) is 3.04.